The second-order valence-corrected chi connectivity index (χ2v) is 6.90. The molecule has 128 valence electrons. The molecule has 0 unspecified atom stereocenters. The second-order valence-electron chi connectivity index (χ2n) is 6.09. The Balaban J connectivity index is 2.02. The molecular formula is C20H23Cl2NO. The van der Waals surface area contributed by atoms with Crippen molar-refractivity contribution in [2.24, 2.45) is 0 Å². The van der Waals surface area contributed by atoms with E-state index in [-0.39, 0.29) is 11.9 Å². The van der Waals surface area contributed by atoms with Gasteiger partial charge in [-0.15, -0.1) is 0 Å². The van der Waals surface area contributed by atoms with E-state index in [2.05, 4.69) is 44.3 Å². The summed E-state index contributed by atoms with van der Waals surface area (Å²) in [5.41, 5.74) is 4.44. The van der Waals surface area contributed by atoms with E-state index in [1.165, 1.54) is 16.7 Å². The van der Waals surface area contributed by atoms with Crippen LogP contribution in [0, 0.1) is 13.8 Å². The van der Waals surface area contributed by atoms with E-state index >= 15 is 0 Å². The summed E-state index contributed by atoms with van der Waals surface area (Å²) in [7, 11) is 0. The van der Waals surface area contributed by atoms with Crippen molar-refractivity contribution in [3.05, 3.63) is 68.7 Å². The summed E-state index contributed by atoms with van der Waals surface area (Å²) in [6, 6.07) is 11.8. The van der Waals surface area contributed by atoms with Crippen LogP contribution in [0.2, 0.25) is 10.0 Å². The number of hydrogen-bond donors (Lipinski definition) is 1. The fourth-order valence-corrected chi connectivity index (χ4v) is 3.48. The van der Waals surface area contributed by atoms with E-state index in [0.717, 1.165) is 12.0 Å². The number of aryl methyl sites for hydroxylation is 2. The third-order valence-corrected chi connectivity index (χ3v) is 4.92. The molecule has 0 spiro atoms. The van der Waals surface area contributed by atoms with Crippen LogP contribution < -0.4 is 5.32 Å². The molecule has 0 aliphatic rings. The molecule has 0 saturated heterocycles. The van der Waals surface area contributed by atoms with Crippen molar-refractivity contribution in [3.63, 3.8) is 0 Å². The minimum Gasteiger partial charge on any atom is -0.349 e. The van der Waals surface area contributed by atoms with Crippen molar-refractivity contribution in [1.82, 2.24) is 5.32 Å². The van der Waals surface area contributed by atoms with E-state index < -0.39 is 0 Å². The highest BCUT2D eigenvalue weighted by atomic mass is 35.5. The Kier molecular flexibility index (Phi) is 6.70. The maximum absolute atomic E-state index is 12.4. The van der Waals surface area contributed by atoms with E-state index in [4.69, 9.17) is 23.2 Å². The molecule has 0 bridgehead atoms. The number of amides is 1. The van der Waals surface area contributed by atoms with Crippen LogP contribution in [-0.4, -0.2) is 5.91 Å². The van der Waals surface area contributed by atoms with Gasteiger partial charge in [-0.05, 0) is 55.5 Å². The molecule has 2 aromatic rings. The van der Waals surface area contributed by atoms with Crippen molar-refractivity contribution >= 4 is 29.1 Å². The zero-order valence-electron chi connectivity index (χ0n) is 14.3. The van der Waals surface area contributed by atoms with Gasteiger partial charge >= 0.3 is 0 Å². The fourth-order valence-electron chi connectivity index (χ4n) is 2.89. The predicted octanol–water partition coefficient (Wildman–Crippen LogP) is 5.81. The van der Waals surface area contributed by atoms with E-state index in [0.29, 0.717) is 22.9 Å². The molecule has 0 fully saturated rings. The highest BCUT2D eigenvalue weighted by Gasteiger charge is 2.15. The molecule has 2 nitrogen and oxygen atoms in total. The van der Waals surface area contributed by atoms with Crippen LogP contribution >= 0.6 is 23.2 Å². The predicted molar refractivity (Wildman–Crippen MR) is 102 cm³/mol. The van der Waals surface area contributed by atoms with Crippen molar-refractivity contribution in [1.29, 1.82) is 0 Å². The lowest BCUT2D eigenvalue weighted by Crippen LogP contribution is -2.28. The Hall–Kier alpha value is -1.51. The lowest BCUT2D eigenvalue weighted by atomic mass is 9.97. The quantitative estimate of drug-likeness (QED) is 0.688. The van der Waals surface area contributed by atoms with Crippen molar-refractivity contribution in [3.8, 4) is 0 Å². The number of halogens is 2. The Labute approximate surface area is 154 Å². The van der Waals surface area contributed by atoms with Gasteiger partial charge in [0, 0.05) is 16.5 Å². The third-order valence-electron chi connectivity index (χ3n) is 4.21. The first-order chi connectivity index (χ1) is 11.4. The lowest BCUT2D eigenvalue weighted by molar-refractivity contribution is -0.121. The smallest absolute Gasteiger partial charge is 0.220 e. The zero-order chi connectivity index (χ0) is 17.7. The van der Waals surface area contributed by atoms with Gasteiger partial charge < -0.3 is 5.32 Å². The van der Waals surface area contributed by atoms with Gasteiger partial charge in [-0.3, -0.25) is 4.79 Å². The third kappa shape index (κ3) is 4.75. The van der Waals surface area contributed by atoms with Gasteiger partial charge in [0.1, 0.15) is 0 Å². The standard InChI is InChI=1S/C20H23Cl2NO/c1-4-19(15-9-8-13(2)12-14(15)3)23-20(24)11-10-16-17(21)6-5-7-18(16)22/h5-9,12,19H,4,10-11H2,1-3H3,(H,23,24)/t19-/m0/s1. The second kappa shape index (κ2) is 8.55. The van der Waals surface area contributed by atoms with Crippen LogP contribution in [0.3, 0.4) is 0 Å². The Morgan fingerprint density at radius 2 is 1.79 bits per heavy atom. The number of hydrogen-bond acceptors (Lipinski definition) is 1. The first kappa shape index (κ1) is 18.8. The fraction of sp³-hybridized carbons (Fsp3) is 0.350. The molecule has 4 heteroatoms. The normalized spacial score (nSPS) is 12.0. The van der Waals surface area contributed by atoms with Gasteiger partial charge in [0.05, 0.1) is 6.04 Å². The lowest BCUT2D eigenvalue weighted by Gasteiger charge is -2.20. The summed E-state index contributed by atoms with van der Waals surface area (Å²) in [4.78, 5) is 12.4. The Morgan fingerprint density at radius 1 is 1.12 bits per heavy atom. The topological polar surface area (TPSA) is 29.1 Å². The SMILES string of the molecule is CC[C@H](NC(=O)CCc1c(Cl)cccc1Cl)c1ccc(C)cc1C. The molecule has 1 amide bonds. The highest BCUT2D eigenvalue weighted by Crippen LogP contribution is 2.26. The van der Waals surface area contributed by atoms with Crippen molar-refractivity contribution in [2.75, 3.05) is 0 Å². The van der Waals surface area contributed by atoms with Gasteiger partial charge in [-0.1, -0.05) is 60.0 Å². The summed E-state index contributed by atoms with van der Waals surface area (Å²) >= 11 is 12.3. The van der Waals surface area contributed by atoms with Gasteiger partial charge in [0.15, 0.2) is 0 Å². The molecule has 0 aliphatic carbocycles. The number of rotatable bonds is 6. The van der Waals surface area contributed by atoms with Crippen LogP contribution in [-0.2, 0) is 11.2 Å². The summed E-state index contributed by atoms with van der Waals surface area (Å²) in [6.07, 6.45) is 1.75. The Morgan fingerprint density at radius 3 is 2.38 bits per heavy atom. The van der Waals surface area contributed by atoms with Crippen LogP contribution in [0.25, 0.3) is 0 Å². The van der Waals surface area contributed by atoms with Crippen LogP contribution in [0.1, 0.15) is 48.1 Å². The van der Waals surface area contributed by atoms with Crippen molar-refractivity contribution in [2.45, 2.75) is 46.1 Å². The minimum atomic E-state index is 0.0119. The van der Waals surface area contributed by atoms with Crippen LogP contribution in [0.4, 0.5) is 0 Å². The first-order valence-corrected chi connectivity index (χ1v) is 8.97. The first-order valence-electron chi connectivity index (χ1n) is 8.21. The van der Waals surface area contributed by atoms with Crippen molar-refractivity contribution < 1.29 is 4.79 Å². The molecule has 1 atom stereocenters. The van der Waals surface area contributed by atoms with Gasteiger partial charge in [-0.25, -0.2) is 0 Å². The number of nitrogens with one attached hydrogen (secondary N) is 1. The molecule has 0 aliphatic heterocycles. The van der Waals surface area contributed by atoms with Gasteiger partial charge in [0.25, 0.3) is 0 Å². The molecule has 0 heterocycles. The molecule has 24 heavy (non-hydrogen) atoms. The zero-order valence-corrected chi connectivity index (χ0v) is 15.8. The summed E-state index contributed by atoms with van der Waals surface area (Å²) in [5, 5.41) is 4.34. The maximum Gasteiger partial charge on any atom is 0.220 e. The van der Waals surface area contributed by atoms with E-state index in [1.807, 2.05) is 6.07 Å². The molecule has 1 N–H and O–H groups in total. The maximum atomic E-state index is 12.4. The highest BCUT2D eigenvalue weighted by molar-refractivity contribution is 6.36. The van der Waals surface area contributed by atoms with Gasteiger partial charge in [-0.2, -0.15) is 0 Å². The molecule has 0 aromatic heterocycles. The number of carbonyl (C=O) groups is 1. The largest absolute Gasteiger partial charge is 0.349 e. The molecule has 2 rings (SSSR count). The summed E-state index contributed by atoms with van der Waals surface area (Å²) in [6.45, 7) is 6.24. The molecule has 0 radical (unpaired) electrons. The average Bonchev–Trinajstić information content (AvgIpc) is 2.52. The molecule has 0 saturated carbocycles. The molecular weight excluding hydrogens is 341 g/mol. The van der Waals surface area contributed by atoms with Gasteiger partial charge in [0.2, 0.25) is 5.91 Å². The number of benzene rings is 2. The Bertz CT molecular complexity index is 707. The summed E-state index contributed by atoms with van der Waals surface area (Å²) in [5.74, 6) is 0.0119. The van der Waals surface area contributed by atoms with E-state index in [9.17, 15) is 4.79 Å². The average molecular weight is 364 g/mol. The van der Waals surface area contributed by atoms with Crippen LogP contribution in [0.15, 0.2) is 36.4 Å². The van der Waals surface area contributed by atoms with E-state index in [1.54, 1.807) is 12.1 Å². The minimum absolute atomic E-state index is 0.0119. The molecule has 2 aromatic carbocycles. The monoisotopic (exact) mass is 363 g/mol. The summed E-state index contributed by atoms with van der Waals surface area (Å²) < 4.78 is 0. The number of carbonyl (C=O) groups excluding carboxylic acids is 1. The van der Waals surface area contributed by atoms with Crippen LogP contribution in [0.5, 0.6) is 0 Å².